The van der Waals surface area contributed by atoms with Gasteiger partial charge in [0, 0.05) is 5.75 Å². The standard InChI is InChI=1S/C23H31N3S/c1-5-6-7-8-11-18(3)22-21(16-24)19(4)25-23(26-22)27-14-13-20-12-9-10-17(2)15-20/h9-10,12,15,18H,4-8,11,13-14H2,1-3H3,(H,25,26). The molecule has 1 aliphatic heterocycles. The summed E-state index contributed by atoms with van der Waals surface area (Å²) < 4.78 is 0. The number of nitrogens with one attached hydrogen (secondary N) is 1. The Bertz CT molecular complexity index is 755. The van der Waals surface area contributed by atoms with Crippen LogP contribution in [0.25, 0.3) is 0 Å². The fourth-order valence-electron chi connectivity index (χ4n) is 3.24. The Balaban J connectivity index is 1.99. The lowest BCUT2D eigenvalue weighted by Crippen LogP contribution is -2.26. The Morgan fingerprint density at radius 1 is 1.30 bits per heavy atom. The summed E-state index contributed by atoms with van der Waals surface area (Å²) >= 11 is 1.70. The average Bonchev–Trinajstić information content (AvgIpc) is 2.65. The summed E-state index contributed by atoms with van der Waals surface area (Å²) in [6.07, 6.45) is 7.00. The van der Waals surface area contributed by atoms with Crippen LogP contribution in [0.1, 0.15) is 57.1 Å². The smallest absolute Gasteiger partial charge is 0.165 e. The summed E-state index contributed by atoms with van der Waals surface area (Å²) in [6, 6.07) is 10.9. The van der Waals surface area contributed by atoms with Gasteiger partial charge in [0.25, 0.3) is 0 Å². The zero-order valence-corrected chi connectivity index (χ0v) is 17.7. The zero-order valence-electron chi connectivity index (χ0n) is 16.8. The molecule has 0 saturated heterocycles. The maximum atomic E-state index is 9.54. The SMILES string of the molecule is C=C1NC(SCCc2cccc(C)c2)=NC(C(C)CCCCCC)=C1C#N. The third kappa shape index (κ3) is 6.59. The molecule has 0 amide bonds. The van der Waals surface area contributed by atoms with E-state index in [0.717, 1.165) is 29.5 Å². The summed E-state index contributed by atoms with van der Waals surface area (Å²) in [7, 11) is 0. The first kappa shape index (κ1) is 21.3. The van der Waals surface area contributed by atoms with Crippen molar-refractivity contribution >= 4 is 16.9 Å². The van der Waals surface area contributed by atoms with E-state index in [-0.39, 0.29) is 5.92 Å². The largest absolute Gasteiger partial charge is 0.334 e. The Morgan fingerprint density at radius 3 is 2.81 bits per heavy atom. The molecule has 3 nitrogen and oxygen atoms in total. The fourth-order valence-corrected chi connectivity index (χ4v) is 4.13. The van der Waals surface area contributed by atoms with Crippen molar-refractivity contribution in [3.63, 3.8) is 0 Å². The first-order chi connectivity index (χ1) is 13.0. The molecule has 0 aromatic heterocycles. The van der Waals surface area contributed by atoms with Crippen LogP contribution in [0, 0.1) is 24.2 Å². The van der Waals surface area contributed by atoms with E-state index in [9.17, 15) is 5.26 Å². The molecule has 2 rings (SSSR count). The zero-order chi connectivity index (χ0) is 19.6. The molecular weight excluding hydrogens is 350 g/mol. The van der Waals surface area contributed by atoms with E-state index >= 15 is 0 Å². The second kappa shape index (κ2) is 11.0. The lowest BCUT2D eigenvalue weighted by Gasteiger charge is -2.22. The van der Waals surface area contributed by atoms with Gasteiger partial charge in [-0.25, -0.2) is 4.99 Å². The van der Waals surface area contributed by atoms with E-state index in [4.69, 9.17) is 4.99 Å². The fraction of sp³-hybridized carbons (Fsp3) is 0.478. The molecular formula is C23H31N3S. The summed E-state index contributed by atoms with van der Waals surface area (Å²) in [4.78, 5) is 4.80. The Labute approximate surface area is 168 Å². The predicted molar refractivity (Wildman–Crippen MR) is 118 cm³/mol. The number of aryl methyl sites for hydroxylation is 2. The normalized spacial score (nSPS) is 15.2. The van der Waals surface area contributed by atoms with Gasteiger partial charge in [0.05, 0.1) is 17.0 Å². The summed E-state index contributed by atoms with van der Waals surface area (Å²) in [5, 5.41) is 13.6. The molecule has 1 heterocycles. The highest BCUT2D eigenvalue weighted by molar-refractivity contribution is 8.13. The van der Waals surface area contributed by atoms with E-state index in [2.05, 4.69) is 63.0 Å². The molecule has 1 aromatic carbocycles. The topological polar surface area (TPSA) is 48.2 Å². The molecule has 0 fully saturated rings. The molecule has 1 unspecified atom stereocenters. The molecule has 0 radical (unpaired) electrons. The molecule has 0 saturated carbocycles. The molecule has 27 heavy (non-hydrogen) atoms. The van der Waals surface area contributed by atoms with Gasteiger partial charge in [-0.15, -0.1) is 0 Å². The minimum atomic E-state index is 0.280. The quantitative estimate of drug-likeness (QED) is 0.524. The van der Waals surface area contributed by atoms with Gasteiger partial charge in [0.2, 0.25) is 0 Å². The minimum Gasteiger partial charge on any atom is -0.334 e. The minimum absolute atomic E-state index is 0.280. The number of hydrogen-bond donors (Lipinski definition) is 1. The number of nitrogens with zero attached hydrogens (tertiary/aromatic N) is 2. The molecule has 0 spiro atoms. The van der Waals surface area contributed by atoms with Crippen molar-refractivity contribution in [2.75, 3.05) is 5.75 Å². The van der Waals surface area contributed by atoms with Crippen molar-refractivity contribution in [2.24, 2.45) is 10.9 Å². The number of nitriles is 1. The maximum Gasteiger partial charge on any atom is 0.165 e. The van der Waals surface area contributed by atoms with Crippen molar-refractivity contribution < 1.29 is 0 Å². The molecule has 1 atom stereocenters. The molecule has 4 heteroatoms. The first-order valence-electron chi connectivity index (χ1n) is 9.92. The summed E-state index contributed by atoms with van der Waals surface area (Å²) in [5.41, 5.74) is 4.83. The summed E-state index contributed by atoms with van der Waals surface area (Å²) in [6.45, 7) is 10.6. The number of amidine groups is 1. The number of allylic oxidation sites excluding steroid dienone is 2. The third-order valence-electron chi connectivity index (χ3n) is 4.82. The lowest BCUT2D eigenvalue weighted by molar-refractivity contribution is 0.536. The maximum absolute atomic E-state index is 9.54. The van der Waals surface area contributed by atoms with E-state index in [0.29, 0.717) is 11.3 Å². The highest BCUT2D eigenvalue weighted by Crippen LogP contribution is 2.29. The Hall–Kier alpha value is -1.99. The highest BCUT2D eigenvalue weighted by Gasteiger charge is 2.22. The highest BCUT2D eigenvalue weighted by atomic mass is 32.2. The van der Waals surface area contributed by atoms with E-state index in [1.54, 1.807) is 11.8 Å². The van der Waals surface area contributed by atoms with Gasteiger partial charge < -0.3 is 5.32 Å². The van der Waals surface area contributed by atoms with Crippen LogP contribution >= 0.6 is 11.8 Å². The van der Waals surface area contributed by atoms with Crippen LogP contribution in [0.5, 0.6) is 0 Å². The van der Waals surface area contributed by atoms with Gasteiger partial charge in [0.15, 0.2) is 5.17 Å². The molecule has 1 aromatic rings. The first-order valence-corrected chi connectivity index (χ1v) is 10.9. The molecule has 1 aliphatic rings. The Kier molecular flexibility index (Phi) is 8.67. The van der Waals surface area contributed by atoms with Crippen molar-refractivity contribution in [2.45, 2.75) is 59.3 Å². The van der Waals surface area contributed by atoms with Gasteiger partial charge >= 0.3 is 0 Å². The average molecular weight is 382 g/mol. The number of thioether (sulfide) groups is 1. The van der Waals surface area contributed by atoms with Gasteiger partial charge in [0.1, 0.15) is 6.07 Å². The number of rotatable bonds is 9. The van der Waals surface area contributed by atoms with Crippen LogP contribution in [-0.4, -0.2) is 10.9 Å². The predicted octanol–water partition coefficient (Wildman–Crippen LogP) is 6.13. The molecule has 0 bridgehead atoms. The van der Waals surface area contributed by atoms with Gasteiger partial charge in [-0.3, -0.25) is 0 Å². The van der Waals surface area contributed by atoms with Crippen LogP contribution < -0.4 is 5.32 Å². The van der Waals surface area contributed by atoms with Crippen LogP contribution in [0.2, 0.25) is 0 Å². The van der Waals surface area contributed by atoms with Crippen molar-refractivity contribution in [3.05, 3.63) is 58.9 Å². The monoisotopic (exact) mass is 381 g/mol. The molecule has 0 aliphatic carbocycles. The van der Waals surface area contributed by atoms with Gasteiger partial charge in [-0.05, 0) is 31.2 Å². The lowest BCUT2D eigenvalue weighted by atomic mass is 9.95. The van der Waals surface area contributed by atoms with Gasteiger partial charge in [-0.2, -0.15) is 5.26 Å². The number of aliphatic imine (C=N–C) groups is 1. The summed E-state index contributed by atoms with van der Waals surface area (Å²) in [5.74, 6) is 1.23. The Morgan fingerprint density at radius 2 is 2.11 bits per heavy atom. The van der Waals surface area contributed by atoms with Crippen molar-refractivity contribution in [3.8, 4) is 6.07 Å². The van der Waals surface area contributed by atoms with E-state index in [1.165, 1.54) is 36.8 Å². The van der Waals surface area contributed by atoms with Gasteiger partial charge in [-0.1, -0.05) is 87.7 Å². The second-order valence-corrected chi connectivity index (χ2v) is 8.31. The van der Waals surface area contributed by atoms with Crippen LogP contribution in [0.3, 0.4) is 0 Å². The van der Waals surface area contributed by atoms with Crippen molar-refractivity contribution in [1.29, 1.82) is 5.26 Å². The van der Waals surface area contributed by atoms with Crippen molar-refractivity contribution in [1.82, 2.24) is 5.32 Å². The second-order valence-electron chi connectivity index (χ2n) is 7.23. The van der Waals surface area contributed by atoms with Crippen LogP contribution in [-0.2, 0) is 6.42 Å². The van der Waals surface area contributed by atoms with Crippen LogP contribution in [0.15, 0.2) is 52.8 Å². The third-order valence-corrected chi connectivity index (χ3v) is 5.69. The number of hydrogen-bond acceptors (Lipinski definition) is 4. The van der Waals surface area contributed by atoms with Crippen LogP contribution in [0.4, 0.5) is 0 Å². The van der Waals surface area contributed by atoms with E-state index < -0.39 is 0 Å². The number of unbranched alkanes of at least 4 members (excludes halogenated alkanes) is 3. The van der Waals surface area contributed by atoms with E-state index in [1.807, 2.05) is 0 Å². The molecule has 144 valence electrons. The molecule has 1 N–H and O–H groups in total. The number of benzene rings is 1.